The molecule has 1 saturated heterocycles. The van der Waals surface area contributed by atoms with Crippen molar-refractivity contribution in [2.45, 2.75) is 53.0 Å². The molecule has 0 aliphatic carbocycles. The molecule has 0 aromatic carbocycles. The summed E-state index contributed by atoms with van der Waals surface area (Å²) in [6, 6.07) is 0. The molecule has 1 aliphatic rings. The normalized spacial score (nSPS) is 18.3. The van der Waals surface area contributed by atoms with E-state index >= 15 is 0 Å². The molecule has 122 valence electrons. The van der Waals surface area contributed by atoms with Crippen molar-refractivity contribution in [3.63, 3.8) is 0 Å². The van der Waals surface area contributed by atoms with Gasteiger partial charge in [0, 0.05) is 24.4 Å². The molecule has 1 atom stereocenters. The summed E-state index contributed by atoms with van der Waals surface area (Å²) >= 11 is 1.65. The minimum atomic E-state index is -0.0802. The van der Waals surface area contributed by atoms with Crippen LogP contribution in [0.1, 0.15) is 48.7 Å². The molecule has 0 saturated carbocycles. The second-order valence-corrected chi connectivity index (χ2v) is 6.99. The van der Waals surface area contributed by atoms with E-state index in [9.17, 15) is 9.59 Å². The number of hydrogen-bond acceptors (Lipinski definition) is 4. The fourth-order valence-electron chi connectivity index (χ4n) is 2.88. The molecule has 1 unspecified atom stereocenters. The number of thiazole rings is 1. The van der Waals surface area contributed by atoms with Crippen LogP contribution in [0.15, 0.2) is 0 Å². The van der Waals surface area contributed by atoms with Crippen molar-refractivity contribution in [1.82, 2.24) is 15.2 Å². The molecule has 1 fully saturated rings. The highest BCUT2D eigenvalue weighted by Crippen LogP contribution is 2.20. The van der Waals surface area contributed by atoms with Crippen molar-refractivity contribution in [2.24, 2.45) is 5.92 Å². The van der Waals surface area contributed by atoms with Crippen LogP contribution in [0.5, 0.6) is 0 Å². The minimum Gasteiger partial charge on any atom is -0.351 e. The molecule has 0 radical (unpaired) electrons. The number of hydrogen-bond donors (Lipinski definition) is 1. The zero-order chi connectivity index (χ0) is 16.1. The van der Waals surface area contributed by atoms with E-state index in [4.69, 9.17) is 0 Å². The van der Waals surface area contributed by atoms with Crippen LogP contribution < -0.4 is 5.32 Å². The average molecular weight is 323 g/mol. The lowest BCUT2D eigenvalue weighted by Gasteiger charge is -2.31. The van der Waals surface area contributed by atoms with E-state index in [2.05, 4.69) is 17.2 Å². The van der Waals surface area contributed by atoms with Gasteiger partial charge in [-0.25, -0.2) is 4.98 Å². The second kappa shape index (κ2) is 7.72. The molecule has 2 amide bonds. The quantitative estimate of drug-likeness (QED) is 0.904. The molecular weight excluding hydrogens is 298 g/mol. The van der Waals surface area contributed by atoms with Crippen LogP contribution in [0.4, 0.5) is 0 Å². The van der Waals surface area contributed by atoms with E-state index in [0.717, 1.165) is 41.4 Å². The first-order valence-electron chi connectivity index (χ1n) is 8.05. The second-order valence-electron chi connectivity index (χ2n) is 5.71. The van der Waals surface area contributed by atoms with Gasteiger partial charge < -0.3 is 10.2 Å². The number of piperidine rings is 1. The first-order valence-corrected chi connectivity index (χ1v) is 8.87. The Labute approximate surface area is 136 Å². The molecule has 2 heterocycles. The van der Waals surface area contributed by atoms with Crippen LogP contribution in [0.25, 0.3) is 0 Å². The predicted molar refractivity (Wildman–Crippen MR) is 87.7 cm³/mol. The van der Waals surface area contributed by atoms with Gasteiger partial charge in [-0.05, 0) is 26.2 Å². The molecule has 1 aromatic rings. The first kappa shape index (κ1) is 16.9. The molecule has 0 bridgehead atoms. The van der Waals surface area contributed by atoms with Gasteiger partial charge in [-0.15, -0.1) is 11.3 Å². The number of amides is 2. The van der Waals surface area contributed by atoms with E-state index in [-0.39, 0.29) is 17.7 Å². The molecule has 1 aliphatic heterocycles. The van der Waals surface area contributed by atoms with Crippen molar-refractivity contribution < 1.29 is 9.59 Å². The molecule has 2 rings (SSSR count). The number of carbonyl (C=O) groups excluding carboxylic acids is 2. The van der Waals surface area contributed by atoms with Gasteiger partial charge in [0.05, 0.1) is 23.2 Å². The van der Waals surface area contributed by atoms with Gasteiger partial charge in [0.1, 0.15) is 0 Å². The van der Waals surface area contributed by atoms with Crippen LogP contribution >= 0.6 is 11.3 Å². The van der Waals surface area contributed by atoms with Gasteiger partial charge >= 0.3 is 0 Å². The number of aryl methyl sites for hydroxylation is 2. The van der Waals surface area contributed by atoms with E-state index < -0.39 is 0 Å². The Morgan fingerprint density at radius 2 is 2.18 bits per heavy atom. The van der Waals surface area contributed by atoms with Gasteiger partial charge in [0.25, 0.3) is 0 Å². The predicted octanol–water partition coefficient (Wildman–Crippen LogP) is 2.28. The maximum Gasteiger partial charge on any atom is 0.225 e. The summed E-state index contributed by atoms with van der Waals surface area (Å²) in [5.41, 5.74) is 1.08. The third kappa shape index (κ3) is 4.06. The van der Waals surface area contributed by atoms with Crippen molar-refractivity contribution >= 4 is 23.2 Å². The Morgan fingerprint density at radius 1 is 1.41 bits per heavy atom. The van der Waals surface area contributed by atoms with Gasteiger partial charge in [-0.2, -0.15) is 0 Å². The van der Waals surface area contributed by atoms with Gasteiger partial charge in [0.2, 0.25) is 11.8 Å². The van der Waals surface area contributed by atoms with Gasteiger partial charge in [-0.3, -0.25) is 9.59 Å². The molecular formula is C16H25N3O2S. The molecule has 1 aromatic heterocycles. The monoisotopic (exact) mass is 323 g/mol. The Bertz CT molecular complexity index is 541. The fourth-order valence-corrected chi connectivity index (χ4v) is 3.84. The molecule has 22 heavy (non-hydrogen) atoms. The Kier molecular flexibility index (Phi) is 5.94. The number of carbonyl (C=O) groups is 2. The van der Waals surface area contributed by atoms with Crippen LogP contribution in [0.2, 0.25) is 0 Å². The van der Waals surface area contributed by atoms with Crippen molar-refractivity contribution in [3.05, 3.63) is 15.6 Å². The summed E-state index contributed by atoms with van der Waals surface area (Å²) in [6.45, 7) is 7.82. The Morgan fingerprint density at radius 3 is 2.86 bits per heavy atom. The largest absolute Gasteiger partial charge is 0.351 e. The van der Waals surface area contributed by atoms with E-state index in [1.165, 1.54) is 0 Å². The highest BCUT2D eigenvalue weighted by molar-refractivity contribution is 7.11. The Balaban J connectivity index is 1.90. The molecule has 1 N–H and O–H groups in total. The SMILES string of the molecule is CCC(=O)N1CCCC(C(=O)NCc2sc(C)nc2CC)C1. The standard InChI is InChI=1S/C16H25N3O2S/c1-4-13-14(22-11(3)18-13)9-17-16(21)12-7-6-8-19(10-12)15(20)5-2/h12H,4-10H2,1-3H3,(H,17,21). The van der Waals surface area contributed by atoms with Crippen molar-refractivity contribution in [2.75, 3.05) is 13.1 Å². The van der Waals surface area contributed by atoms with Crippen LogP contribution in [-0.4, -0.2) is 34.8 Å². The summed E-state index contributed by atoms with van der Waals surface area (Å²) in [5, 5.41) is 4.07. The number of likely N-dealkylation sites (tertiary alicyclic amines) is 1. The minimum absolute atomic E-state index is 0.0571. The molecule has 6 heteroatoms. The average Bonchev–Trinajstić information content (AvgIpc) is 2.91. The van der Waals surface area contributed by atoms with Gasteiger partial charge in [-0.1, -0.05) is 13.8 Å². The summed E-state index contributed by atoms with van der Waals surface area (Å²) in [4.78, 5) is 31.6. The van der Waals surface area contributed by atoms with Crippen LogP contribution in [0.3, 0.4) is 0 Å². The lowest BCUT2D eigenvalue weighted by molar-refractivity contribution is -0.135. The van der Waals surface area contributed by atoms with E-state index in [1.54, 1.807) is 11.3 Å². The number of nitrogens with zero attached hydrogens (tertiary/aromatic N) is 2. The first-order chi connectivity index (χ1) is 10.5. The third-order valence-electron chi connectivity index (χ3n) is 4.09. The lowest BCUT2D eigenvalue weighted by Crippen LogP contribution is -2.45. The lowest BCUT2D eigenvalue weighted by atomic mass is 9.97. The number of rotatable bonds is 5. The number of nitrogens with one attached hydrogen (secondary N) is 1. The topological polar surface area (TPSA) is 62.3 Å². The van der Waals surface area contributed by atoms with Crippen molar-refractivity contribution in [1.29, 1.82) is 0 Å². The van der Waals surface area contributed by atoms with Crippen molar-refractivity contribution in [3.8, 4) is 0 Å². The van der Waals surface area contributed by atoms with E-state index in [1.807, 2.05) is 18.7 Å². The summed E-state index contributed by atoms with van der Waals surface area (Å²) in [7, 11) is 0. The maximum absolute atomic E-state index is 12.4. The van der Waals surface area contributed by atoms with Crippen LogP contribution in [0, 0.1) is 12.8 Å². The number of aromatic nitrogens is 1. The fraction of sp³-hybridized carbons (Fsp3) is 0.688. The van der Waals surface area contributed by atoms with E-state index in [0.29, 0.717) is 19.5 Å². The highest BCUT2D eigenvalue weighted by atomic mass is 32.1. The van der Waals surface area contributed by atoms with Gasteiger partial charge in [0.15, 0.2) is 0 Å². The smallest absolute Gasteiger partial charge is 0.225 e. The highest BCUT2D eigenvalue weighted by Gasteiger charge is 2.27. The molecule has 5 nitrogen and oxygen atoms in total. The summed E-state index contributed by atoms with van der Waals surface area (Å²) in [6.07, 6.45) is 3.16. The summed E-state index contributed by atoms with van der Waals surface area (Å²) < 4.78 is 0. The molecule has 0 spiro atoms. The van der Waals surface area contributed by atoms with Crippen LogP contribution in [-0.2, 0) is 22.6 Å². The maximum atomic E-state index is 12.4. The third-order valence-corrected chi connectivity index (χ3v) is 5.10. The zero-order valence-electron chi connectivity index (χ0n) is 13.6. The summed E-state index contributed by atoms with van der Waals surface area (Å²) in [5.74, 6) is 0.119. The Hall–Kier alpha value is -1.43. The zero-order valence-corrected chi connectivity index (χ0v) is 14.5.